The molecule has 0 aliphatic carbocycles. The summed E-state index contributed by atoms with van der Waals surface area (Å²) < 4.78 is 0. The molecule has 1 radical (unpaired) electrons. The number of hydrogen-bond donors (Lipinski definition) is 0. The van der Waals surface area contributed by atoms with Crippen LogP contribution in [0.4, 0.5) is 0 Å². The van der Waals surface area contributed by atoms with E-state index in [-0.39, 0.29) is 0 Å². The van der Waals surface area contributed by atoms with Gasteiger partial charge in [-0.15, -0.1) is 10.2 Å². The van der Waals surface area contributed by atoms with Crippen LogP contribution in [0.15, 0.2) is 36.5 Å². The molecule has 3 aromatic rings. The first-order chi connectivity index (χ1) is 7.95. The number of benzene rings is 1. The van der Waals surface area contributed by atoms with Crippen molar-refractivity contribution >= 4 is 10.9 Å². The van der Waals surface area contributed by atoms with E-state index in [4.69, 9.17) is 0 Å². The van der Waals surface area contributed by atoms with Gasteiger partial charge < -0.3 is 0 Å². The third-order valence-electron chi connectivity index (χ3n) is 2.25. The molecule has 0 saturated carbocycles. The summed E-state index contributed by atoms with van der Waals surface area (Å²) in [5, 5.41) is 19.9. The second-order valence-electron chi connectivity index (χ2n) is 3.21. The fourth-order valence-electron chi connectivity index (χ4n) is 1.54. The summed E-state index contributed by atoms with van der Waals surface area (Å²) >= 11 is 0. The average Bonchev–Trinajstić information content (AvgIpc) is 2.39. The highest BCUT2D eigenvalue weighted by Gasteiger charge is 2.05. The normalized spacial score (nSPS) is 10.5. The van der Waals surface area contributed by atoms with Crippen molar-refractivity contribution in [3.05, 3.63) is 42.7 Å². The SMILES string of the molecule is [c]1nnnc2cccc(-c3cccnn3)c12. The van der Waals surface area contributed by atoms with E-state index < -0.39 is 0 Å². The van der Waals surface area contributed by atoms with Gasteiger partial charge in [-0.3, -0.25) is 0 Å². The molecule has 0 spiro atoms. The molecule has 0 aliphatic rings. The zero-order valence-electron chi connectivity index (χ0n) is 8.20. The Morgan fingerprint density at radius 1 is 1.00 bits per heavy atom. The number of rotatable bonds is 1. The van der Waals surface area contributed by atoms with Crippen LogP contribution in [-0.2, 0) is 0 Å². The van der Waals surface area contributed by atoms with E-state index in [2.05, 4.69) is 31.8 Å². The highest BCUT2D eigenvalue weighted by atomic mass is 15.3. The van der Waals surface area contributed by atoms with Crippen molar-refractivity contribution in [3.8, 4) is 11.3 Å². The molecule has 0 fully saturated rings. The molecular formula is C11H6N5. The second-order valence-corrected chi connectivity index (χ2v) is 3.21. The molecule has 2 heterocycles. The van der Waals surface area contributed by atoms with Crippen molar-refractivity contribution in [2.45, 2.75) is 0 Å². The van der Waals surface area contributed by atoms with Gasteiger partial charge in [-0.1, -0.05) is 12.1 Å². The molecule has 0 unspecified atom stereocenters. The Balaban J connectivity index is 2.32. The van der Waals surface area contributed by atoms with Crippen LogP contribution in [0.1, 0.15) is 0 Å². The zero-order valence-corrected chi connectivity index (χ0v) is 8.20. The molecule has 0 amide bonds. The third-order valence-corrected chi connectivity index (χ3v) is 2.25. The number of nitrogens with zero attached hydrogens (tertiary/aromatic N) is 5. The van der Waals surface area contributed by atoms with Crippen molar-refractivity contribution in [1.29, 1.82) is 0 Å². The Morgan fingerprint density at radius 3 is 2.88 bits per heavy atom. The fourth-order valence-corrected chi connectivity index (χ4v) is 1.54. The maximum Gasteiger partial charge on any atom is 0.126 e. The summed E-state index contributed by atoms with van der Waals surface area (Å²) in [6.07, 6.45) is 4.46. The molecule has 0 atom stereocenters. The van der Waals surface area contributed by atoms with E-state index in [1.807, 2.05) is 30.3 Å². The van der Waals surface area contributed by atoms with Gasteiger partial charge in [0.05, 0.1) is 11.2 Å². The highest BCUT2D eigenvalue weighted by molar-refractivity contribution is 5.92. The fraction of sp³-hybridized carbons (Fsp3) is 0. The molecule has 5 nitrogen and oxygen atoms in total. The standard InChI is InChI=1S/C11H6N5/c1-3-8(10-5-2-6-12-14-10)9-7-13-16-15-11(9)4-1/h1-6H. The van der Waals surface area contributed by atoms with Gasteiger partial charge in [-0.25, -0.2) is 0 Å². The maximum absolute atomic E-state index is 4.05. The second kappa shape index (κ2) is 3.62. The lowest BCUT2D eigenvalue weighted by atomic mass is 10.1. The Bertz CT molecular complexity index is 618. The van der Waals surface area contributed by atoms with Crippen LogP contribution in [0.25, 0.3) is 22.2 Å². The Kier molecular flexibility index (Phi) is 2.00. The number of aromatic nitrogens is 5. The minimum absolute atomic E-state index is 0.748. The lowest BCUT2D eigenvalue weighted by molar-refractivity contribution is 0.890. The quantitative estimate of drug-likeness (QED) is 0.602. The van der Waals surface area contributed by atoms with E-state index in [0.717, 1.165) is 22.2 Å². The Morgan fingerprint density at radius 2 is 2.00 bits per heavy atom. The lowest BCUT2D eigenvalue weighted by Gasteiger charge is -2.02. The molecule has 0 aliphatic heterocycles. The van der Waals surface area contributed by atoms with Crippen LogP contribution in [0.2, 0.25) is 0 Å². The predicted octanol–water partition coefficient (Wildman–Crippen LogP) is 1.28. The molecule has 75 valence electrons. The molecule has 1 aromatic carbocycles. The highest BCUT2D eigenvalue weighted by Crippen LogP contribution is 2.23. The van der Waals surface area contributed by atoms with Crippen molar-refractivity contribution in [2.75, 3.05) is 0 Å². The van der Waals surface area contributed by atoms with E-state index in [1.165, 1.54) is 0 Å². The zero-order chi connectivity index (χ0) is 10.8. The van der Waals surface area contributed by atoms with Gasteiger partial charge in [-0.05, 0) is 23.4 Å². The van der Waals surface area contributed by atoms with Crippen molar-refractivity contribution < 1.29 is 0 Å². The largest absolute Gasteiger partial charge is 0.159 e. The lowest BCUT2D eigenvalue weighted by Crippen LogP contribution is -1.91. The summed E-state index contributed by atoms with van der Waals surface area (Å²) in [5.41, 5.74) is 2.44. The summed E-state index contributed by atoms with van der Waals surface area (Å²) in [5.74, 6) is 0. The van der Waals surface area contributed by atoms with Gasteiger partial charge in [-0.2, -0.15) is 10.2 Å². The van der Waals surface area contributed by atoms with Crippen molar-refractivity contribution in [1.82, 2.24) is 25.6 Å². The molecule has 5 heteroatoms. The van der Waals surface area contributed by atoms with Gasteiger partial charge in [0.2, 0.25) is 0 Å². The summed E-state index contributed by atoms with van der Waals surface area (Å²) in [6.45, 7) is 0. The summed E-state index contributed by atoms with van der Waals surface area (Å²) in [4.78, 5) is 0. The predicted molar refractivity (Wildman–Crippen MR) is 57.2 cm³/mol. The number of hydrogen-bond acceptors (Lipinski definition) is 5. The van der Waals surface area contributed by atoms with Crippen LogP contribution >= 0.6 is 0 Å². The molecule has 2 aromatic heterocycles. The van der Waals surface area contributed by atoms with E-state index in [1.54, 1.807) is 6.20 Å². The maximum atomic E-state index is 4.05. The van der Waals surface area contributed by atoms with Gasteiger partial charge in [0.25, 0.3) is 0 Å². The Hall–Kier alpha value is -2.43. The van der Waals surface area contributed by atoms with Crippen LogP contribution < -0.4 is 0 Å². The Labute approximate surface area is 91.2 Å². The molecular weight excluding hydrogens is 202 g/mol. The van der Waals surface area contributed by atoms with Gasteiger partial charge in [0, 0.05) is 17.1 Å². The topological polar surface area (TPSA) is 64.5 Å². The van der Waals surface area contributed by atoms with Crippen LogP contribution in [0.3, 0.4) is 0 Å². The van der Waals surface area contributed by atoms with Crippen molar-refractivity contribution in [3.63, 3.8) is 0 Å². The molecule has 0 N–H and O–H groups in total. The first-order valence-corrected chi connectivity index (χ1v) is 4.73. The monoisotopic (exact) mass is 208 g/mol. The first-order valence-electron chi connectivity index (χ1n) is 4.73. The van der Waals surface area contributed by atoms with Crippen molar-refractivity contribution in [2.24, 2.45) is 0 Å². The van der Waals surface area contributed by atoms with E-state index in [0.29, 0.717) is 0 Å². The van der Waals surface area contributed by atoms with Crippen LogP contribution in [0.5, 0.6) is 0 Å². The summed E-state index contributed by atoms with van der Waals surface area (Å²) in [6, 6.07) is 9.42. The van der Waals surface area contributed by atoms with Gasteiger partial charge in [0.15, 0.2) is 0 Å². The third kappa shape index (κ3) is 1.38. The number of fused-ring (bicyclic) bond motifs is 1. The van der Waals surface area contributed by atoms with Gasteiger partial charge in [0.1, 0.15) is 6.20 Å². The molecule has 16 heavy (non-hydrogen) atoms. The first kappa shape index (κ1) is 8.84. The molecule has 0 saturated heterocycles. The average molecular weight is 208 g/mol. The smallest absolute Gasteiger partial charge is 0.126 e. The van der Waals surface area contributed by atoms with Crippen LogP contribution in [-0.4, -0.2) is 25.6 Å². The summed E-state index contributed by atoms with van der Waals surface area (Å²) in [7, 11) is 0. The van der Waals surface area contributed by atoms with E-state index in [9.17, 15) is 0 Å². The minimum Gasteiger partial charge on any atom is -0.159 e. The van der Waals surface area contributed by atoms with E-state index >= 15 is 0 Å². The molecule has 0 bridgehead atoms. The minimum atomic E-state index is 0.748. The van der Waals surface area contributed by atoms with Gasteiger partial charge >= 0.3 is 0 Å². The van der Waals surface area contributed by atoms with Crippen LogP contribution in [0, 0.1) is 6.20 Å². The molecule has 3 rings (SSSR count).